The van der Waals surface area contributed by atoms with Crippen molar-refractivity contribution in [2.45, 2.75) is 44.9 Å². The summed E-state index contributed by atoms with van der Waals surface area (Å²) in [6.45, 7) is 7.87. The Hall–Kier alpha value is -3.64. The fourth-order valence-electron chi connectivity index (χ4n) is 4.10. The molecule has 2 heterocycles. The first-order valence-corrected chi connectivity index (χ1v) is 14.1. The molecule has 1 N–H and O–H groups in total. The van der Waals surface area contributed by atoms with Gasteiger partial charge < -0.3 is 18.6 Å². The molecule has 0 atom stereocenters. The van der Waals surface area contributed by atoms with Crippen LogP contribution in [0.4, 0.5) is 6.01 Å². The molecule has 1 aromatic heterocycles. The summed E-state index contributed by atoms with van der Waals surface area (Å²) in [5.41, 5.74) is 0.779. The van der Waals surface area contributed by atoms with Gasteiger partial charge in [-0.25, -0.2) is 8.42 Å². The highest BCUT2D eigenvalue weighted by atomic mass is 32.2. The lowest BCUT2D eigenvalue weighted by Gasteiger charge is -2.25. The van der Waals surface area contributed by atoms with Gasteiger partial charge in [-0.1, -0.05) is 11.5 Å². The molecule has 4 rings (SSSR count). The zero-order valence-electron chi connectivity index (χ0n) is 21.7. The van der Waals surface area contributed by atoms with Gasteiger partial charge in [0.25, 0.3) is 5.91 Å². The van der Waals surface area contributed by atoms with Gasteiger partial charge in [0.05, 0.1) is 24.7 Å². The zero-order chi connectivity index (χ0) is 27.1. The van der Waals surface area contributed by atoms with Gasteiger partial charge in [0, 0.05) is 24.2 Å². The molecule has 1 aliphatic rings. The summed E-state index contributed by atoms with van der Waals surface area (Å²) in [6.07, 6.45) is 2.73. The molecule has 38 heavy (non-hydrogen) atoms. The first kappa shape index (κ1) is 27.4. The molecule has 12 heteroatoms. The number of anilines is 1. The average Bonchev–Trinajstić information content (AvgIpc) is 3.39. The molecular weight excluding hydrogens is 512 g/mol. The fraction of sp³-hybridized carbons (Fsp3) is 0.423. The van der Waals surface area contributed by atoms with Gasteiger partial charge in [-0.05, 0) is 70.0 Å². The summed E-state index contributed by atoms with van der Waals surface area (Å²) >= 11 is 0. The first-order valence-electron chi connectivity index (χ1n) is 12.7. The average molecular weight is 545 g/mol. The van der Waals surface area contributed by atoms with Crippen LogP contribution < -0.4 is 19.5 Å². The van der Waals surface area contributed by atoms with Crippen molar-refractivity contribution in [1.82, 2.24) is 14.5 Å². The Labute approximate surface area is 222 Å². The highest BCUT2D eigenvalue weighted by Gasteiger charge is 2.26. The third kappa shape index (κ3) is 6.08. The van der Waals surface area contributed by atoms with Crippen LogP contribution in [0.25, 0.3) is 11.5 Å². The Morgan fingerprint density at radius 2 is 1.53 bits per heavy atom. The number of ether oxygens (including phenoxy) is 3. The molecule has 0 bridgehead atoms. The summed E-state index contributed by atoms with van der Waals surface area (Å²) in [7, 11) is -3.58. The summed E-state index contributed by atoms with van der Waals surface area (Å²) < 4.78 is 50.0. The number of nitrogens with zero attached hydrogens (tertiary/aromatic N) is 3. The molecule has 1 aliphatic heterocycles. The van der Waals surface area contributed by atoms with Crippen molar-refractivity contribution in [3.05, 3.63) is 42.0 Å². The van der Waals surface area contributed by atoms with E-state index in [0.29, 0.717) is 55.7 Å². The second-order valence-corrected chi connectivity index (χ2v) is 10.4. The van der Waals surface area contributed by atoms with Crippen LogP contribution >= 0.6 is 0 Å². The van der Waals surface area contributed by atoms with Crippen LogP contribution in [0.5, 0.6) is 17.2 Å². The van der Waals surface area contributed by atoms with Gasteiger partial charge in [0.1, 0.15) is 0 Å². The quantitative estimate of drug-likeness (QED) is 0.374. The zero-order valence-corrected chi connectivity index (χ0v) is 22.5. The standard InChI is InChI=1S/C26H32N4O7S/c1-4-34-21-16-19(17-22(35-5-2)23(21)36-6-3)25-28-29-26(37-25)27-24(31)18-10-12-20(13-11-18)38(32,33)30-14-8-7-9-15-30/h10-13,16-17H,4-9,14-15H2,1-3H3,(H,27,29,31). The molecule has 3 aromatic rings. The smallest absolute Gasteiger partial charge is 0.322 e. The lowest BCUT2D eigenvalue weighted by Crippen LogP contribution is -2.35. The van der Waals surface area contributed by atoms with E-state index in [1.165, 1.54) is 28.6 Å². The molecule has 2 aromatic carbocycles. The largest absolute Gasteiger partial charge is 0.490 e. The van der Waals surface area contributed by atoms with E-state index >= 15 is 0 Å². The Morgan fingerprint density at radius 1 is 0.921 bits per heavy atom. The van der Waals surface area contributed by atoms with Crippen LogP contribution in [0.3, 0.4) is 0 Å². The summed E-state index contributed by atoms with van der Waals surface area (Å²) in [5.74, 6) is 1.06. The van der Waals surface area contributed by atoms with Crippen molar-refractivity contribution in [3.63, 3.8) is 0 Å². The maximum absolute atomic E-state index is 12.9. The van der Waals surface area contributed by atoms with Gasteiger partial charge in [0.15, 0.2) is 11.5 Å². The number of sulfonamides is 1. The summed E-state index contributed by atoms with van der Waals surface area (Å²) in [6, 6.07) is 9.08. The number of piperidine rings is 1. The Balaban J connectivity index is 1.50. The minimum Gasteiger partial charge on any atom is -0.490 e. The lowest BCUT2D eigenvalue weighted by atomic mass is 10.2. The predicted octanol–water partition coefficient (Wildman–Crippen LogP) is 4.36. The third-order valence-corrected chi connectivity index (χ3v) is 7.78. The van der Waals surface area contributed by atoms with E-state index in [1.807, 2.05) is 20.8 Å². The van der Waals surface area contributed by atoms with E-state index in [9.17, 15) is 13.2 Å². The van der Waals surface area contributed by atoms with Gasteiger partial charge in [0.2, 0.25) is 21.7 Å². The molecule has 204 valence electrons. The maximum atomic E-state index is 12.9. The van der Waals surface area contributed by atoms with Crippen molar-refractivity contribution in [3.8, 4) is 28.7 Å². The molecule has 0 saturated carbocycles. The third-order valence-electron chi connectivity index (χ3n) is 5.87. The minimum absolute atomic E-state index is 0.111. The highest BCUT2D eigenvalue weighted by Crippen LogP contribution is 2.42. The molecule has 0 aliphatic carbocycles. The number of benzene rings is 2. The van der Waals surface area contributed by atoms with Crippen molar-refractivity contribution < 1.29 is 31.8 Å². The Morgan fingerprint density at radius 3 is 2.11 bits per heavy atom. The van der Waals surface area contributed by atoms with Crippen molar-refractivity contribution >= 4 is 21.9 Å². The molecule has 0 unspecified atom stereocenters. The SMILES string of the molecule is CCOc1cc(-c2nnc(NC(=O)c3ccc(S(=O)(=O)N4CCCCC4)cc3)o2)cc(OCC)c1OCC. The minimum atomic E-state index is -3.58. The molecule has 1 saturated heterocycles. The first-order chi connectivity index (χ1) is 18.4. The van der Waals surface area contributed by atoms with Gasteiger partial charge in [-0.3, -0.25) is 10.1 Å². The van der Waals surface area contributed by atoms with Crippen molar-refractivity contribution in [1.29, 1.82) is 0 Å². The Kier molecular flexibility index (Phi) is 8.85. The molecule has 1 fully saturated rings. The van der Waals surface area contributed by atoms with Gasteiger partial charge in [-0.15, -0.1) is 5.10 Å². The molecule has 0 radical (unpaired) electrons. The van der Waals surface area contributed by atoms with E-state index in [-0.39, 0.29) is 22.4 Å². The number of carbonyl (C=O) groups excluding carboxylic acids is 1. The van der Waals surface area contributed by atoms with Crippen LogP contribution in [0.2, 0.25) is 0 Å². The van der Waals surface area contributed by atoms with Crippen LogP contribution in [0.1, 0.15) is 50.4 Å². The molecule has 11 nitrogen and oxygen atoms in total. The lowest BCUT2D eigenvalue weighted by molar-refractivity contribution is 0.102. The Bertz CT molecular complexity index is 1320. The van der Waals surface area contributed by atoms with Crippen molar-refractivity contribution in [2.75, 3.05) is 38.2 Å². The van der Waals surface area contributed by atoms with Gasteiger partial charge >= 0.3 is 6.01 Å². The van der Waals surface area contributed by atoms with Crippen LogP contribution in [-0.2, 0) is 10.0 Å². The molecule has 0 spiro atoms. The summed E-state index contributed by atoms with van der Waals surface area (Å²) in [4.78, 5) is 12.9. The van der Waals surface area contributed by atoms with Crippen molar-refractivity contribution in [2.24, 2.45) is 0 Å². The van der Waals surface area contributed by atoms with E-state index in [2.05, 4.69) is 15.5 Å². The highest BCUT2D eigenvalue weighted by molar-refractivity contribution is 7.89. The van der Waals surface area contributed by atoms with Crippen LogP contribution in [0.15, 0.2) is 45.7 Å². The molecular formula is C26H32N4O7S. The number of nitrogens with one attached hydrogen (secondary N) is 1. The normalized spacial score (nSPS) is 14.2. The number of amides is 1. The number of hydrogen-bond donors (Lipinski definition) is 1. The van der Waals surface area contributed by atoms with Crippen LogP contribution in [-0.4, -0.2) is 61.7 Å². The second kappa shape index (κ2) is 12.3. The number of rotatable bonds is 11. The number of carbonyl (C=O) groups is 1. The van der Waals surface area contributed by atoms with Gasteiger partial charge in [-0.2, -0.15) is 4.31 Å². The monoisotopic (exact) mass is 544 g/mol. The number of aromatic nitrogens is 2. The van der Waals surface area contributed by atoms with E-state index in [4.69, 9.17) is 18.6 Å². The predicted molar refractivity (Wildman–Crippen MR) is 140 cm³/mol. The molecule has 1 amide bonds. The van der Waals surface area contributed by atoms with E-state index < -0.39 is 15.9 Å². The maximum Gasteiger partial charge on any atom is 0.322 e. The summed E-state index contributed by atoms with van der Waals surface area (Å²) in [5, 5.41) is 10.5. The topological polar surface area (TPSA) is 133 Å². The van der Waals surface area contributed by atoms with Crippen LogP contribution in [0, 0.1) is 0 Å². The number of hydrogen-bond acceptors (Lipinski definition) is 9. The second-order valence-electron chi connectivity index (χ2n) is 8.46. The fourth-order valence-corrected chi connectivity index (χ4v) is 5.62. The van der Waals surface area contributed by atoms with E-state index in [1.54, 1.807) is 12.1 Å². The van der Waals surface area contributed by atoms with E-state index in [0.717, 1.165) is 19.3 Å².